The fraction of sp³-hybridized carbons (Fsp3) is 0.438. The lowest BCUT2D eigenvalue weighted by molar-refractivity contribution is -0.141. The van der Waals surface area contributed by atoms with E-state index in [9.17, 15) is 21.6 Å². The van der Waals surface area contributed by atoms with Crippen LogP contribution >= 0.6 is 11.3 Å². The number of hydrogen-bond acceptors (Lipinski definition) is 6. The molecule has 0 atom stereocenters. The zero-order chi connectivity index (χ0) is 19.6. The van der Waals surface area contributed by atoms with Crippen LogP contribution in [0, 0.1) is 0 Å². The van der Waals surface area contributed by atoms with Gasteiger partial charge in [0, 0.05) is 13.0 Å². The molecule has 0 N–H and O–H groups in total. The van der Waals surface area contributed by atoms with E-state index in [2.05, 4.69) is 15.0 Å². The Morgan fingerprint density at radius 2 is 2.00 bits per heavy atom. The van der Waals surface area contributed by atoms with Gasteiger partial charge >= 0.3 is 6.18 Å². The lowest BCUT2D eigenvalue weighted by atomic mass is 10.3. The van der Waals surface area contributed by atoms with Gasteiger partial charge in [-0.25, -0.2) is 23.4 Å². The first kappa shape index (κ1) is 18.4. The standard InChI is InChI=1S/C16H15F3N4O2S2/c1-3-27(24,25)15-12(26-14(22-15)8-4-5-8)13-21-9-6-11(16(17,18)19)20-7-10(9)23(13)2/h6-8H,3-5H2,1-2H3. The first-order valence-corrected chi connectivity index (χ1v) is 10.7. The second kappa shape index (κ2) is 5.99. The van der Waals surface area contributed by atoms with E-state index in [0.29, 0.717) is 10.4 Å². The third-order valence-corrected chi connectivity index (χ3v) is 7.46. The molecule has 4 rings (SSSR count). The Bertz CT molecular complexity index is 1140. The Kier molecular flexibility index (Phi) is 4.08. The van der Waals surface area contributed by atoms with E-state index >= 15 is 0 Å². The van der Waals surface area contributed by atoms with Crippen LogP contribution in [0.15, 0.2) is 17.3 Å². The third kappa shape index (κ3) is 3.12. The molecule has 6 nitrogen and oxygen atoms in total. The molecule has 3 aromatic rings. The Morgan fingerprint density at radius 1 is 1.30 bits per heavy atom. The minimum atomic E-state index is -4.58. The number of pyridine rings is 1. The summed E-state index contributed by atoms with van der Waals surface area (Å²) in [5, 5.41) is 0.692. The average molecular weight is 416 g/mol. The van der Waals surface area contributed by atoms with Crippen LogP contribution < -0.4 is 0 Å². The Balaban J connectivity index is 1.93. The number of fused-ring (bicyclic) bond motifs is 1. The van der Waals surface area contributed by atoms with Gasteiger partial charge in [0.1, 0.15) is 10.6 Å². The fourth-order valence-electron chi connectivity index (χ4n) is 2.76. The van der Waals surface area contributed by atoms with Crippen LogP contribution in [0.2, 0.25) is 0 Å². The van der Waals surface area contributed by atoms with E-state index in [0.717, 1.165) is 30.1 Å². The van der Waals surface area contributed by atoms with Gasteiger partial charge in [-0.3, -0.25) is 0 Å². The van der Waals surface area contributed by atoms with Crippen LogP contribution in [0.4, 0.5) is 13.2 Å². The minimum absolute atomic E-state index is 0.0423. The van der Waals surface area contributed by atoms with Crippen molar-refractivity contribution in [2.75, 3.05) is 5.75 Å². The van der Waals surface area contributed by atoms with Gasteiger partial charge in [-0.05, 0) is 18.9 Å². The van der Waals surface area contributed by atoms with Crippen LogP contribution in [0.25, 0.3) is 21.7 Å². The number of halogens is 3. The Labute approximate surface area is 157 Å². The van der Waals surface area contributed by atoms with Crippen molar-refractivity contribution >= 4 is 32.2 Å². The lowest BCUT2D eigenvalue weighted by Gasteiger charge is -2.05. The zero-order valence-electron chi connectivity index (χ0n) is 14.4. The maximum atomic E-state index is 12.9. The van der Waals surface area contributed by atoms with Crippen LogP contribution in [0.5, 0.6) is 0 Å². The van der Waals surface area contributed by atoms with E-state index < -0.39 is 21.7 Å². The van der Waals surface area contributed by atoms with Gasteiger partial charge in [0.2, 0.25) is 0 Å². The number of alkyl halides is 3. The second-order valence-corrected chi connectivity index (χ2v) is 9.64. The fourth-order valence-corrected chi connectivity index (χ4v) is 5.37. The largest absolute Gasteiger partial charge is 0.433 e. The second-order valence-electron chi connectivity index (χ2n) is 6.41. The maximum absolute atomic E-state index is 12.9. The molecule has 0 spiro atoms. The van der Waals surface area contributed by atoms with Crippen molar-refractivity contribution < 1.29 is 21.6 Å². The highest BCUT2D eigenvalue weighted by atomic mass is 32.2. The number of aromatic nitrogens is 4. The summed E-state index contributed by atoms with van der Waals surface area (Å²) in [6.45, 7) is 1.53. The molecule has 0 aliphatic heterocycles. The molecule has 3 aromatic heterocycles. The van der Waals surface area contributed by atoms with E-state index in [1.807, 2.05) is 0 Å². The molecule has 0 amide bonds. The molecule has 1 aliphatic carbocycles. The molecule has 1 saturated carbocycles. The molecular weight excluding hydrogens is 401 g/mol. The number of nitrogens with zero attached hydrogens (tertiary/aromatic N) is 4. The molecule has 0 saturated heterocycles. The first-order chi connectivity index (χ1) is 12.6. The molecule has 11 heteroatoms. The summed E-state index contributed by atoms with van der Waals surface area (Å²) in [7, 11) is -1.97. The highest BCUT2D eigenvalue weighted by molar-refractivity contribution is 7.91. The van der Waals surface area contributed by atoms with Gasteiger partial charge in [0.25, 0.3) is 0 Å². The summed E-state index contributed by atoms with van der Waals surface area (Å²) < 4.78 is 65.4. The Morgan fingerprint density at radius 3 is 2.59 bits per heavy atom. The first-order valence-electron chi connectivity index (χ1n) is 8.25. The van der Waals surface area contributed by atoms with E-state index in [-0.39, 0.29) is 28.0 Å². The van der Waals surface area contributed by atoms with Crippen molar-refractivity contribution in [1.82, 2.24) is 19.5 Å². The summed E-state index contributed by atoms with van der Waals surface area (Å²) in [5.41, 5.74) is -0.542. The molecule has 0 aromatic carbocycles. The predicted octanol–water partition coefficient (Wildman–Crippen LogP) is 3.78. The highest BCUT2D eigenvalue weighted by Crippen LogP contribution is 2.46. The van der Waals surface area contributed by atoms with E-state index in [1.165, 1.54) is 18.3 Å². The molecule has 0 radical (unpaired) electrons. The number of hydrogen-bond donors (Lipinski definition) is 0. The molecule has 144 valence electrons. The van der Waals surface area contributed by atoms with Gasteiger partial charge in [-0.15, -0.1) is 11.3 Å². The third-order valence-electron chi connectivity index (χ3n) is 4.47. The number of imidazole rings is 1. The van der Waals surface area contributed by atoms with Crippen molar-refractivity contribution in [3.63, 3.8) is 0 Å². The van der Waals surface area contributed by atoms with Crippen LogP contribution in [0.3, 0.4) is 0 Å². The normalized spacial score (nSPS) is 15.6. The number of sulfone groups is 1. The minimum Gasteiger partial charge on any atom is -0.325 e. The quantitative estimate of drug-likeness (QED) is 0.647. The SMILES string of the molecule is CCS(=O)(=O)c1nc(C2CC2)sc1-c1nc2cc(C(F)(F)F)ncc2n1C. The molecule has 0 bridgehead atoms. The number of aryl methyl sites for hydroxylation is 1. The highest BCUT2D eigenvalue weighted by Gasteiger charge is 2.35. The summed E-state index contributed by atoms with van der Waals surface area (Å²) in [6, 6.07) is 0.871. The van der Waals surface area contributed by atoms with Crippen LogP contribution in [-0.4, -0.2) is 33.7 Å². The van der Waals surface area contributed by atoms with Crippen molar-refractivity contribution in [3.8, 4) is 10.7 Å². The average Bonchev–Trinajstić information content (AvgIpc) is 3.27. The van der Waals surface area contributed by atoms with Crippen molar-refractivity contribution in [2.24, 2.45) is 7.05 Å². The predicted molar refractivity (Wildman–Crippen MR) is 94.3 cm³/mol. The number of thiazole rings is 1. The van der Waals surface area contributed by atoms with Crippen LogP contribution in [0.1, 0.15) is 36.4 Å². The van der Waals surface area contributed by atoms with Gasteiger partial charge in [0.15, 0.2) is 20.7 Å². The summed E-state index contributed by atoms with van der Waals surface area (Å²) in [4.78, 5) is 12.5. The van der Waals surface area contributed by atoms with Crippen molar-refractivity contribution in [2.45, 2.75) is 36.9 Å². The van der Waals surface area contributed by atoms with E-state index in [1.54, 1.807) is 11.6 Å². The van der Waals surface area contributed by atoms with Gasteiger partial charge in [-0.2, -0.15) is 13.2 Å². The summed E-state index contributed by atoms with van der Waals surface area (Å²) in [6.07, 6.45) is -1.56. The van der Waals surface area contributed by atoms with Crippen LogP contribution in [-0.2, 0) is 23.1 Å². The molecule has 27 heavy (non-hydrogen) atoms. The maximum Gasteiger partial charge on any atom is 0.433 e. The van der Waals surface area contributed by atoms with Gasteiger partial charge < -0.3 is 4.57 Å². The smallest absolute Gasteiger partial charge is 0.325 e. The topological polar surface area (TPSA) is 77.7 Å². The molecule has 3 heterocycles. The molecule has 1 aliphatic rings. The van der Waals surface area contributed by atoms with Crippen molar-refractivity contribution in [1.29, 1.82) is 0 Å². The summed E-state index contributed by atoms with van der Waals surface area (Å²) >= 11 is 1.25. The monoisotopic (exact) mass is 416 g/mol. The van der Waals surface area contributed by atoms with E-state index in [4.69, 9.17) is 0 Å². The Hall–Kier alpha value is -2.01. The molecular formula is C16H15F3N4O2S2. The zero-order valence-corrected chi connectivity index (χ0v) is 16.0. The van der Waals surface area contributed by atoms with Gasteiger partial charge in [-0.1, -0.05) is 6.92 Å². The molecule has 0 unspecified atom stereocenters. The lowest BCUT2D eigenvalue weighted by Crippen LogP contribution is -2.07. The summed E-state index contributed by atoms with van der Waals surface area (Å²) in [5.74, 6) is 0.419. The van der Waals surface area contributed by atoms with Crippen molar-refractivity contribution in [3.05, 3.63) is 23.0 Å². The molecule has 1 fully saturated rings. The van der Waals surface area contributed by atoms with Gasteiger partial charge in [0.05, 0.1) is 28.0 Å². The number of rotatable bonds is 4.